The lowest BCUT2D eigenvalue weighted by Crippen LogP contribution is -2.49. The molecule has 2 aliphatic heterocycles. The highest BCUT2D eigenvalue weighted by Gasteiger charge is 2.39. The number of rotatable bonds is 7. The maximum absolute atomic E-state index is 13.3. The lowest BCUT2D eigenvalue weighted by molar-refractivity contribution is -0.126. The van der Waals surface area contributed by atoms with Crippen molar-refractivity contribution in [2.45, 2.75) is 12.5 Å². The van der Waals surface area contributed by atoms with Gasteiger partial charge in [-0.15, -0.1) is 0 Å². The molecule has 0 spiro atoms. The number of carbonyl (C=O) groups excluding carboxylic acids is 2. The van der Waals surface area contributed by atoms with Gasteiger partial charge in [0.1, 0.15) is 5.54 Å². The van der Waals surface area contributed by atoms with Crippen molar-refractivity contribution in [2.24, 2.45) is 4.99 Å². The van der Waals surface area contributed by atoms with E-state index in [0.717, 1.165) is 17.7 Å². The third-order valence-corrected chi connectivity index (χ3v) is 6.21. The summed E-state index contributed by atoms with van der Waals surface area (Å²) in [4.78, 5) is 34.5. The summed E-state index contributed by atoms with van der Waals surface area (Å²) in [6.45, 7) is 3.23. The molecule has 8 heteroatoms. The smallest absolute Gasteiger partial charge is 0.258 e. The quantitative estimate of drug-likeness (QED) is 0.598. The van der Waals surface area contributed by atoms with Gasteiger partial charge in [-0.2, -0.15) is 0 Å². The van der Waals surface area contributed by atoms with Gasteiger partial charge in [0, 0.05) is 43.1 Å². The lowest BCUT2D eigenvalue weighted by atomic mass is 9.91. The zero-order valence-corrected chi connectivity index (χ0v) is 20.5. The molecule has 0 bridgehead atoms. The number of nitrogens with one attached hydrogen (secondary N) is 2. The van der Waals surface area contributed by atoms with Crippen LogP contribution in [0.3, 0.4) is 0 Å². The summed E-state index contributed by atoms with van der Waals surface area (Å²) in [6.07, 6.45) is 3.30. The molecule has 2 N–H and O–H groups in total. The fourth-order valence-corrected chi connectivity index (χ4v) is 4.21. The van der Waals surface area contributed by atoms with E-state index >= 15 is 0 Å². The van der Waals surface area contributed by atoms with Crippen LogP contribution in [0.25, 0.3) is 11.3 Å². The van der Waals surface area contributed by atoms with Gasteiger partial charge in [-0.05, 0) is 38.7 Å². The van der Waals surface area contributed by atoms with Crippen LogP contribution >= 0.6 is 11.6 Å². The van der Waals surface area contributed by atoms with Gasteiger partial charge in [0.05, 0.1) is 22.5 Å². The number of halogens is 1. The van der Waals surface area contributed by atoms with Gasteiger partial charge in [0.2, 0.25) is 0 Å². The maximum atomic E-state index is 13.3. The number of hydrogen-bond donors (Lipinski definition) is 2. The second-order valence-electron chi connectivity index (χ2n) is 8.94. The molecule has 7 nitrogen and oxygen atoms in total. The molecule has 1 unspecified atom stereocenters. The number of aliphatic imine (C=N–C) groups is 1. The highest BCUT2D eigenvalue weighted by atomic mass is 35.5. The minimum absolute atomic E-state index is 0.116. The van der Waals surface area contributed by atoms with Crippen molar-refractivity contribution in [3.63, 3.8) is 0 Å². The Kier molecular flexibility index (Phi) is 6.59. The van der Waals surface area contributed by atoms with E-state index in [1.165, 1.54) is 0 Å². The Balaban J connectivity index is 1.75. The van der Waals surface area contributed by atoms with E-state index in [4.69, 9.17) is 11.6 Å². The first-order valence-corrected chi connectivity index (χ1v) is 11.4. The van der Waals surface area contributed by atoms with Crippen molar-refractivity contribution in [1.82, 2.24) is 15.1 Å². The van der Waals surface area contributed by atoms with E-state index < -0.39 is 5.54 Å². The average Bonchev–Trinajstić information content (AvgIpc) is 3.34. The number of amides is 2. The number of anilines is 1. The Morgan fingerprint density at radius 1 is 1.12 bits per heavy atom. The standard InChI is InChI=1S/C26H28ClN5O2/c1-26(16-28-15-20(26)25(34)32(4)13-12-31(2)3)30-23(17-8-6-5-7-9-17)22-19-11-10-18(27)14-21(19)29-24(22)33/h5-11,14-16,30H,12-13H2,1-4H3,(H,29,33)/b23-22-. The molecule has 2 heterocycles. The molecule has 2 aliphatic rings. The van der Waals surface area contributed by atoms with Crippen molar-refractivity contribution < 1.29 is 9.59 Å². The molecule has 4 rings (SSSR count). The third-order valence-electron chi connectivity index (χ3n) is 5.98. The molecule has 1 atom stereocenters. The number of hydrogen-bond acceptors (Lipinski definition) is 5. The molecule has 2 amide bonds. The van der Waals surface area contributed by atoms with Crippen LogP contribution < -0.4 is 10.6 Å². The Labute approximate surface area is 204 Å². The molecular formula is C26H28ClN5O2. The van der Waals surface area contributed by atoms with E-state index in [2.05, 4.69) is 15.6 Å². The van der Waals surface area contributed by atoms with Crippen LogP contribution in [0.1, 0.15) is 18.1 Å². The zero-order chi connectivity index (χ0) is 24.5. The molecule has 34 heavy (non-hydrogen) atoms. The summed E-state index contributed by atoms with van der Waals surface area (Å²) in [5.74, 6) is -0.350. The van der Waals surface area contributed by atoms with Crippen molar-refractivity contribution in [2.75, 3.05) is 39.5 Å². The molecule has 0 radical (unpaired) electrons. The molecule has 0 saturated heterocycles. The minimum Gasteiger partial charge on any atom is -0.370 e. The Bertz CT molecular complexity index is 1220. The first kappa shape index (κ1) is 23.7. The Morgan fingerprint density at radius 3 is 2.56 bits per heavy atom. The first-order valence-electron chi connectivity index (χ1n) is 11.0. The maximum Gasteiger partial charge on any atom is 0.258 e. The van der Waals surface area contributed by atoms with Crippen LogP contribution in [0, 0.1) is 0 Å². The lowest BCUT2D eigenvalue weighted by Gasteiger charge is -2.31. The summed E-state index contributed by atoms with van der Waals surface area (Å²) >= 11 is 6.15. The zero-order valence-electron chi connectivity index (χ0n) is 19.7. The van der Waals surface area contributed by atoms with Crippen molar-refractivity contribution in [3.8, 4) is 0 Å². The molecule has 0 saturated carbocycles. The van der Waals surface area contributed by atoms with E-state index in [0.29, 0.717) is 34.1 Å². The predicted octanol–water partition coefficient (Wildman–Crippen LogP) is 3.50. The minimum atomic E-state index is -0.906. The normalized spacial score (nSPS) is 20.2. The van der Waals surface area contributed by atoms with Crippen LogP contribution in [-0.4, -0.2) is 67.6 Å². The van der Waals surface area contributed by atoms with Gasteiger partial charge in [-0.3, -0.25) is 14.6 Å². The van der Waals surface area contributed by atoms with E-state index in [1.54, 1.807) is 36.5 Å². The van der Waals surface area contributed by atoms with Crippen molar-refractivity contribution in [3.05, 3.63) is 76.5 Å². The van der Waals surface area contributed by atoms with E-state index in [-0.39, 0.29) is 11.8 Å². The highest BCUT2D eigenvalue weighted by molar-refractivity contribution is 6.38. The monoisotopic (exact) mass is 477 g/mol. The van der Waals surface area contributed by atoms with Crippen LogP contribution in [0.15, 0.2) is 65.3 Å². The average molecular weight is 478 g/mol. The largest absolute Gasteiger partial charge is 0.370 e. The van der Waals surface area contributed by atoms with Crippen LogP contribution in [0.4, 0.5) is 5.69 Å². The fourth-order valence-electron chi connectivity index (χ4n) is 4.04. The van der Waals surface area contributed by atoms with Gasteiger partial charge in [-0.25, -0.2) is 0 Å². The van der Waals surface area contributed by atoms with Crippen LogP contribution in [0.5, 0.6) is 0 Å². The number of carbonyl (C=O) groups is 2. The molecule has 0 aliphatic carbocycles. The summed E-state index contributed by atoms with van der Waals surface area (Å²) < 4.78 is 0. The van der Waals surface area contributed by atoms with Gasteiger partial charge < -0.3 is 20.4 Å². The number of fused-ring (bicyclic) bond motifs is 1. The number of benzene rings is 2. The summed E-state index contributed by atoms with van der Waals surface area (Å²) in [5.41, 5.74) is 2.94. The van der Waals surface area contributed by atoms with E-state index in [1.807, 2.05) is 62.3 Å². The number of likely N-dealkylation sites (N-methyl/N-ethyl adjacent to an activating group) is 2. The SMILES string of the molecule is CN(C)CCN(C)C(=O)C1=CN=CC1(C)N/C(=C1\C(=O)Nc2cc(Cl)ccc21)c1ccccc1. The Morgan fingerprint density at radius 2 is 1.85 bits per heavy atom. The molecule has 176 valence electrons. The topological polar surface area (TPSA) is 77.0 Å². The van der Waals surface area contributed by atoms with E-state index in [9.17, 15) is 9.59 Å². The Hall–Kier alpha value is -3.42. The fraction of sp³-hybridized carbons (Fsp3) is 0.269. The summed E-state index contributed by atoms with van der Waals surface area (Å²) in [7, 11) is 5.72. The van der Waals surface area contributed by atoms with Gasteiger partial charge in [0.15, 0.2) is 0 Å². The first-order chi connectivity index (χ1) is 16.2. The molecule has 2 aromatic carbocycles. The second-order valence-corrected chi connectivity index (χ2v) is 9.37. The number of nitrogens with zero attached hydrogens (tertiary/aromatic N) is 3. The van der Waals surface area contributed by atoms with Crippen LogP contribution in [0.2, 0.25) is 5.02 Å². The molecule has 2 aromatic rings. The highest BCUT2D eigenvalue weighted by Crippen LogP contribution is 2.39. The van der Waals surface area contributed by atoms with Gasteiger partial charge in [0.25, 0.3) is 11.8 Å². The van der Waals surface area contributed by atoms with Gasteiger partial charge in [-0.1, -0.05) is 48.0 Å². The molecule has 0 fully saturated rings. The predicted molar refractivity (Wildman–Crippen MR) is 138 cm³/mol. The summed E-state index contributed by atoms with van der Waals surface area (Å²) in [5, 5.41) is 6.95. The second kappa shape index (κ2) is 9.44. The van der Waals surface area contributed by atoms with Crippen LogP contribution in [-0.2, 0) is 9.59 Å². The van der Waals surface area contributed by atoms with Gasteiger partial charge >= 0.3 is 0 Å². The third kappa shape index (κ3) is 4.62. The molecule has 0 aromatic heterocycles. The molecular weight excluding hydrogens is 450 g/mol. The van der Waals surface area contributed by atoms with Crippen molar-refractivity contribution in [1.29, 1.82) is 0 Å². The van der Waals surface area contributed by atoms with Crippen molar-refractivity contribution >= 4 is 46.6 Å². The summed E-state index contributed by atoms with van der Waals surface area (Å²) in [6, 6.07) is 14.9.